The van der Waals surface area contributed by atoms with Crippen LogP contribution >= 0.6 is 0 Å². The largest absolute Gasteiger partial charge is 0.416 e. The van der Waals surface area contributed by atoms with Gasteiger partial charge in [-0.3, -0.25) is 34.1 Å². The maximum absolute atomic E-state index is 13.5. The lowest BCUT2D eigenvalue weighted by molar-refractivity contribution is -0.138. The molecule has 12 heteroatoms. The van der Waals surface area contributed by atoms with E-state index in [0.29, 0.717) is 22.2 Å². The summed E-state index contributed by atoms with van der Waals surface area (Å²) < 4.78 is 42.1. The highest BCUT2D eigenvalue weighted by Crippen LogP contribution is 2.40. The van der Waals surface area contributed by atoms with Gasteiger partial charge in [0.15, 0.2) is 0 Å². The maximum atomic E-state index is 13.5. The number of benzene rings is 3. The van der Waals surface area contributed by atoms with Crippen molar-refractivity contribution in [2.45, 2.75) is 25.1 Å². The van der Waals surface area contributed by atoms with Crippen LogP contribution in [-0.4, -0.2) is 44.4 Å². The normalized spacial score (nSPS) is 17.4. The number of hydrogen-bond donors (Lipinski definition) is 2. The summed E-state index contributed by atoms with van der Waals surface area (Å²) in [5, 5.41) is 10.2. The van der Waals surface area contributed by atoms with Crippen molar-refractivity contribution in [1.29, 1.82) is 0 Å². The minimum atomic E-state index is -4.55. The monoisotopic (exact) mass is 547 g/mol. The van der Waals surface area contributed by atoms with Crippen molar-refractivity contribution in [3.63, 3.8) is 0 Å². The van der Waals surface area contributed by atoms with Crippen LogP contribution in [0.5, 0.6) is 0 Å². The van der Waals surface area contributed by atoms with Gasteiger partial charge >= 0.3 is 6.18 Å². The van der Waals surface area contributed by atoms with Crippen LogP contribution in [0.1, 0.15) is 39.1 Å². The molecule has 2 N–H and O–H groups in total. The molecule has 2 aliphatic heterocycles. The minimum absolute atomic E-state index is 0.0102. The lowest BCUT2D eigenvalue weighted by atomic mass is 9.99. The van der Waals surface area contributed by atoms with E-state index in [1.165, 1.54) is 12.1 Å². The van der Waals surface area contributed by atoms with Crippen LogP contribution in [0.15, 0.2) is 60.8 Å². The maximum Gasteiger partial charge on any atom is 0.416 e. The van der Waals surface area contributed by atoms with Crippen molar-refractivity contribution in [3.8, 4) is 11.1 Å². The third-order valence-corrected chi connectivity index (χ3v) is 7.12. The first-order valence-electron chi connectivity index (χ1n) is 12.3. The zero-order valence-corrected chi connectivity index (χ0v) is 20.9. The summed E-state index contributed by atoms with van der Waals surface area (Å²) in [4.78, 5) is 51.7. The van der Waals surface area contributed by atoms with Crippen LogP contribution in [-0.2, 0) is 22.8 Å². The summed E-state index contributed by atoms with van der Waals surface area (Å²) in [6.45, 7) is 0. The number of nitrogens with zero attached hydrogens (tertiary/aromatic N) is 3. The molecule has 202 valence electrons. The molecule has 1 unspecified atom stereocenters. The Balaban J connectivity index is 1.44. The number of carbonyl (C=O) groups excluding carboxylic acids is 4. The molecule has 0 saturated carbocycles. The Bertz CT molecular complexity index is 1760. The fraction of sp³-hybridized carbons (Fsp3) is 0.179. The SMILES string of the molecule is Cn1ncc2cc(Nc3cccc4c3C(=O)N(C3CCC(=O)NC3=O)C4=O)c(-c3cccc(C(F)(F)F)c3)cc21. The first-order chi connectivity index (χ1) is 19.0. The number of fused-ring (bicyclic) bond motifs is 2. The van der Waals surface area contributed by atoms with Gasteiger partial charge in [0, 0.05) is 30.1 Å². The minimum Gasteiger partial charge on any atom is -0.354 e. The molecule has 0 aliphatic carbocycles. The van der Waals surface area contributed by atoms with E-state index in [1.54, 1.807) is 48.3 Å². The van der Waals surface area contributed by atoms with E-state index in [2.05, 4.69) is 15.7 Å². The predicted molar refractivity (Wildman–Crippen MR) is 138 cm³/mol. The fourth-order valence-corrected chi connectivity index (χ4v) is 5.17. The molecule has 0 bridgehead atoms. The Hall–Kier alpha value is -5.00. The second-order valence-corrected chi connectivity index (χ2v) is 9.60. The van der Waals surface area contributed by atoms with Crippen LogP contribution in [0.3, 0.4) is 0 Å². The van der Waals surface area contributed by atoms with E-state index < -0.39 is 41.4 Å². The van der Waals surface area contributed by atoms with Gasteiger partial charge in [-0.25, -0.2) is 0 Å². The third kappa shape index (κ3) is 4.08. The summed E-state index contributed by atoms with van der Waals surface area (Å²) in [5.41, 5.74) is 1.27. The van der Waals surface area contributed by atoms with E-state index in [9.17, 15) is 32.3 Å². The number of anilines is 2. The number of hydrogen-bond acceptors (Lipinski definition) is 6. The lowest BCUT2D eigenvalue weighted by Gasteiger charge is -2.27. The average molecular weight is 547 g/mol. The number of aromatic nitrogens is 2. The Morgan fingerprint density at radius 3 is 2.48 bits per heavy atom. The van der Waals surface area contributed by atoms with Crippen molar-refractivity contribution in [1.82, 2.24) is 20.0 Å². The molecule has 1 atom stereocenters. The molecule has 3 heterocycles. The molecule has 1 saturated heterocycles. The highest BCUT2D eigenvalue weighted by atomic mass is 19.4. The van der Waals surface area contributed by atoms with Crippen molar-refractivity contribution >= 4 is 45.9 Å². The highest BCUT2D eigenvalue weighted by molar-refractivity contribution is 6.25. The van der Waals surface area contributed by atoms with Crippen LogP contribution in [0.4, 0.5) is 24.5 Å². The van der Waals surface area contributed by atoms with E-state index >= 15 is 0 Å². The number of amides is 4. The number of halogens is 3. The zero-order chi connectivity index (χ0) is 28.3. The van der Waals surface area contributed by atoms with E-state index in [1.807, 2.05) is 0 Å². The number of aryl methyl sites for hydroxylation is 1. The first-order valence-corrected chi connectivity index (χ1v) is 12.3. The van der Waals surface area contributed by atoms with Crippen LogP contribution in [0.25, 0.3) is 22.0 Å². The van der Waals surface area contributed by atoms with Crippen LogP contribution < -0.4 is 10.6 Å². The number of carbonyl (C=O) groups is 4. The van der Waals surface area contributed by atoms with E-state index in [-0.39, 0.29) is 35.2 Å². The third-order valence-electron chi connectivity index (χ3n) is 7.12. The molecule has 6 rings (SSSR count). The van der Waals surface area contributed by atoms with Gasteiger partial charge in [0.25, 0.3) is 11.8 Å². The Morgan fingerprint density at radius 1 is 0.950 bits per heavy atom. The molecule has 9 nitrogen and oxygen atoms in total. The predicted octanol–water partition coefficient (Wildman–Crippen LogP) is 4.40. The number of piperidine rings is 1. The second-order valence-electron chi connectivity index (χ2n) is 9.60. The molecule has 4 aromatic rings. The Kier molecular flexibility index (Phi) is 5.71. The van der Waals surface area contributed by atoms with Gasteiger partial charge in [0.05, 0.1) is 34.1 Å². The van der Waals surface area contributed by atoms with Gasteiger partial charge in [-0.1, -0.05) is 18.2 Å². The van der Waals surface area contributed by atoms with Gasteiger partial charge in [0.2, 0.25) is 11.8 Å². The molecule has 40 heavy (non-hydrogen) atoms. The molecular weight excluding hydrogens is 527 g/mol. The summed E-state index contributed by atoms with van der Waals surface area (Å²) in [6.07, 6.45) is -2.95. The highest BCUT2D eigenvalue weighted by Gasteiger charge is 2.45. The molecule has 0 radical (unpaired) electrons. The van der Waals surface area contributed by atoms with Gasteiger partial charge < -0.3 is 5.32 Å². The van der Waals surface area contributed by atoms with Gasteiger partial charge in [0.1, 0.15) is 6.04 Å². The van der Waals surface area contributed by atoms with Gasteiger partial charge in [-0.2, -0.15) is 18.3 Å². The molecule has 1 fully saturated rings. The molecule has 0 spiro atoms. The van der Waals surface area contributed by atoms with Crippen molar-refractivity contribution in [3.05, 3.63) is 77.5 Å². The Labute approximate surface area is 224 Å². The van der Waals surface area contributed by atoms with Crippen LogP contribution in [0, 0.1) is 0 Å². The van der Waals surface area contributed by atoms with E-state index in [0.717, 1.165) is 17.0 Å². The molecule has 4 amide bonds. The van der Waals surface area contributed by atoms with Crippen LogP contribution in [0.2, 0.25) is 0 Å². The van der Waals surface area contributed by atoms with Gasteiger partial charge in [-0.05, 0) is 48.4 Å². The molecule has 1 aromatic heterocycles. The number of rotatable bonds is 4. The number of alkyl halides is 3. The molecular formula is C28H20F3N5O4. The number of imide groups is 2. The fourth-order valence-electron chi connectivity index (χ4n) is 5.17. The summed E-state index contributed by atoms with van der Waals surface area (Å²) >= 11 is 0. The topological polar surface area (TPSA) is 113 Å². The van der Waals surface area contributed by atoms with Crippen molar-refractivity contribution in [2.24, 2.45) is 7.05 Å². The second kappa shape index (κ2) is 9.04. The molecule has 2 aliphatic rings. The standard InChI is InChI=1S/C28H20F3N5O4/c1-35-22-12-18(14-4-2-5-16(10-14)28(29,30)31)20(11-15(22)13-32-35)33-19-7-3-6-17-24(19)27(40)36(26(17)39)21-8-9-23(37)34-25(21)38/h2-7,10-13,21,33H,8-9H2,1H3,(H,34,37,38). The smallest absolute Gasteiger partial charge is 0.354 e. The van der Waals surface area contributed by atoms with Crippen molar-refractivity contribution in [2.75, 3.05) is 5.32 Å². The first kappa shape index (κ1) is 25.3. The average Bonchev–Trinajstić information content (AvgIpc) is 3.40. The quantitative estimate of drug-likeness (QED) is 0.366. The van der Waals surface area contributed by atoms with Crippen molar-refractivity contribution < 1.29 is 32.3 Å². The molecule has 3 aromatic carbocycles. The zero-order valence-electron chi connectivity index (χ0n) is 20.9. The number of nitrogens with one attached hydrogen (secondary N) is 2. The van der Waals surface area contributed by atoms with E-state index in [4.69, 9.17) is 0 Å². The summed E-state index contributed by atoms with van der Waals surface area (Å²) in [6, 6.07) is 11.8. The summed E-state index contributed by atoms with van der Waals surface area (Å²) in [7, 11) is 1.71. The summed E-state index contributed by atoms with van der Waals surface area (Å²) in [5.74, 6) is -2.58. The Morgan fingerprint density at radius 2 is 1.73 bits per heavy atom. The lowest BCUT2D eigenvalue weighted by Crippen LogP contribution is -2.54. The van der Waals surface area contributed by atoms with Gasteiger partial charge in [-0.15, -0.1) is 0 Å².